The Kier molecular flexibility index (Phi) is 8.52. The number of nitrogens with zero attached hydrogens (tertiary/aromatic N) is 2. The predicted molar refractivity (Wildman–Crippen MR) is 273 cm³/mol. The van der Waals surface area contributed by atoms with Crippen LogP contribution in [0, 0.1) is 0 Å². The molecule has 1 aliphatic carbocycles. The van der Waals surface area contributed by atoms with Crippen LogP contribution in [-0.2, 0) is 5.41 Å². The molecule has 0 saturated heterocycles. The van der Waals surface area contributed by atoms with Gasteiger partial charge < -0.3 is 4.90 Å². The molecular formula is C60H38N2S2. The van der Waals surface area contributed by atoms with E-state index in [9.17, 15) is 0 Å². The summed E-state index contributed by atoms with van der Waals surface area (Å²) in [6.45, 7) is 0. The van der Waals surface area contributed by atoms with Gasteiger partial charge in [0, 0.05) is 48.2 Å². The van der Waals surface area contributed by atoms with Gasteiger partial charge in [0.2, 0.25) is 0 Å². The number of benzene rings is 10. The maximum atomic E-state index is 5.17. The van der Waals surface area contributed by atoms with Crippen molar-refractivity contribution in [3.05, 3.63) is 253 Å². The zero-order valence-electron chi connectivity index (χ0n) is 34.7. The monoisotopic (exact) mass is 850 g/mol. The first-order valence-electron chi connectivity index (χ1n) is 21.8. The van der Waals surface area contributed by atoms with Crippen molar-refractivity contribution in [1.29, 1.82) is 0 Å². The Labute approximate surface area is 379 Å². The third kappa shape index (κ3) is 5.66. The molecule has 0 N–H and O–H groups in total. The lowest BCUT2D eigenvalue weighted by molar-refractivity contribution is 0.768. The maximum Gasteiger partial charge on any atom is 0.125 e. The minimum absolute atomic E-state index is 0.515. The number of hydrogen-bond donors (Lipinski definition) is 0. The largest absolute Gasteiger partial charge is 0.310 e. The summed E-state index contributed by atoms with van der Waals surface area (Å²) in [7, 11) is 0. The molecule has 64 heavy (non-hydrogen) atoms. The third-order valence-corrected chi connectivity index (χ3v) is 15.5. The fraction of sp³-hybridized carbons (Fsp3) is 0.0167. The van der Waals surface area contributed by atoms with Crippen LogP contribution in [0.4, 0.5) is 17.1 Å². The first-order valence-corrected chi connectivity index (χ1v) is 23.4. The number of aromatic nitrogens is 1. The third-order valence-electron chi connectivity index (χ3n) is 13.2. The van der Waals surface area contributed by atoms with Crippen molar-refractivity contribution in [2.75, 3.05) is 4.90 Å². The minimum Gasteiger partial charge on any atom is -0.310 e. The molecule has 300 valence electrons. The SMILES string of the molecule is c1ccc(-c2ccc(N(c3ccc4c(c3)C(c3ccccc3)(c3ccccc3)c3ccccc3-4)c3ccc4sc5c6ccccc6c(-c6nc7ccccc7s6)cc5c4c3)cc2)cc1. The number of fused-ring (bicyclic) bond motifs is 9. The van der Waals surface area contributed by atoms with E-state index in [1.54, 1.807) is 11.3 Å². The highest BCUT2D eigenvalue weighted by Gasteiger charge is 2.46. The second kappa shape index (κ2) is 14.7. The van der Waals surface area contributed by atoms with Gasteiger partial charge in [-0.2, -0.15) is 0 Å². The molecule has 2 heterocycles. The van der Waals surface area contributed by atoms with Gasteiger partial charge in [0.25, 0.3) is 0 Å². The first-order chi connectivity index (χ1) is 31.7. The zero-order valence-corrected chi connectivity index (χ0v) is 36.3. The van der Waals surface area contributed by atoms with Gasteiger partial charge in [0.05, 0.1) is 15.6 Å². The highest BCUT2D eigenvalue weighted by Crippen LogP contribution is 2.57. The van der Waals surface area contributed by atoms with Crippen LogP contribution >= 0.6 is 22.7 Å². The lowest BCUT2D eigenvalue weighted by Gasteiger charge is -2.35. The van der Waals surface area contributed by atoms with E-state index in [4.69, 9.17) is 4.98 Å². The van der Waals surface area contributed by atoms with Crippen LogP contribution in [0.25, 0.3) is 74.0 Å². The van der Waals surface area contributed by atoms with Gasteiger partial charge in [-0.15, -0.1) is 22.7 Å². The first kappa shape index (κ1) is 37.0. The molecule has 0 fully saturated rings. The predicted octanol–water partition coefficient (Wildman–Crippen LogP) is 17.0. The zero-order chi connectivity index (χ0) is 42.2. The summed E-state index contributed by atoms with van der Waals surface area (Å²) in [6, 6.07) is 84.8. The van der Waals surface area contributed by atoms with E-state index in [0.717, 1.165) is 27.6 Å². The summed E-state index contributed by atoms with van der Waals surface area (Å²) in [5.41, 5.74) is 15.0. The molecule has 0 saturated carbocycles. The Balaban J connectivity index is 1.05. The molecule has 0 radical (unpaired) electrons. The van der Waals surface area contributed by atoms with Gasteiger partial charge in [-0.05, 0) is 111 Å². The van der Waals surface area contributed by atoms with Crippen molar-refractivity contribution in [2.24, 2.45) is 0 Å². The minimum atomic E-state index is -0.515. The number of para-hydroxylation sites is 1. The highest BCUT2D eigenvalue weighted by atomic mass is 32.1. The number of hydrogen-bond acceptors (Lipinski definition) is 4. The molecule has 0 spiro atoms. The van der Waals surface area contributed by atoms with Crippen LogP contribution in [0.5, 0.6) is 0 Å². The highest BCUT2D eigenvalue weighted by molar-refractivity contribution is 7.26. The quantitative estimate of drug-likeness (QED) is 0.159. The molecule has 0 amide bonds. The number of thiophene rings is 1. The van der Waals surface area contributed by atoms with Gasteiger partial charge in [0.1, 0.15) is 5.01 Å². The Morgan fingerprint density at radius 1 is 0.359 bits per heavy atom. The smallest absolute Gasteiger partial charge is 0.125 e. The maximum absolute atomic E-state index is 5.17. The Bertz CT molecular complexity index is 3650. The van der Waals surface area contributed by atoms with Gasteiger partial charge in [0.15, 0.2) is 0 Å². The molecule has 2 nitrogen and oxygen atoms in total. The number of rotatable bonds is 7. The molecule has 13 rings (SSSR count). The average molecular weight is 851 g/mol. The van der Waals surface area contributed by atoms with E-state index in [1.807, 2.05) is 11.3 Å². The summed E-state index contributed by atoms with van der Waals surface area (Å²) in [4.78, 5) is 7.63. The van der Waals surface area contributed by atoms with Crippen LogP contribution in [0.3, 0.4) is 0 Å². The summed E-state index contributed by atoms with van der Waals surface area (Å²) in [5, 5.41) is 6.05. The van der Waals surface area contributed by atoms with E-state index in [-0.39, 0.29) is 0 Å². The van der Waals surface area contributed by atoms with Crippen molar-refractivity contribution in [1.82, 2.24) is 4.98 Å². The fourth-order valence-electron chi connectivity index (χ4n) is 10.3. The van der Waals surface area contributed by atoms with Gasteiger partial charge >= 0.3 is 0 Å². The van der Waals surface area contributed by atoms with Crippen molar-refractivity contribution < 1.29 is 0 Å². The van der Waals surface area contributed by atoms with Gasteiger partial charge in [-0.3, -0.25) is 0 Å². The summed E-state index contributed by atoms with van der Waals surface area (Å²) in [6.07, 6.45) is 0. The van der Waals surface area contributed by atoms with E-state index in [1.165, 1.54) is 85.7 Å². The summed E-state index contributed by atoms with van der Waals surface area (Å²) >= 11 is 3.65. The molecule has 0 bridgehead atoms. The number of anilines is 3. The van der Waals surface area contributed by atoms with Gasteiger partial charge in [-0.1, -0.05) is 170 Å². The fourth-order valence-corrected chi connectivity index (χ4v) is 12.5. The van der Waals surface area contributed by atoms with Crippen LogP contribution in [0.1, 0.15) is 22.3 Å². The molecule has 0 atom stereocenters. The van der Waals surface area contributed by atoms with Crippen molar-refractivity contribution in [3.63, 3.8) is 0 Å². The van der Waals surface area contributed by atoms with Crippen LogP contribution in [-0.4, -0.2) is 4.98 Å². The van der Waals surface area contributed by atoms with Crippen molar-refractivity contribution in [3.8, 4) is 32.8 Å². The Morgan fingerprint density at radius 3 is 1.72 bits per heavy atom. The van der Waals surface area contributed by atoms with Crippen molar-refractivity contribution >= 4 is 80.9 Å². The molecule has 1 aliphatic rings. The topological polar surface area (TPSA) is 16.1 Å². The summed E-state index contributed by atoms with van der Waals surface area (Å²) < 4.78 is 3.77. The second-order valence-electron chi connectivity index (χ2n) is 16.6. The Morgan fingerprint density at radius 2 is 0.953 bits per heavy atom. The molecular weight excluding hydrogens is 813 g/mol. The average Bonchev–Trinajstić information content (AvgIpc) is 4.06. The molecule has 12 aromatic rings. The molecule has 2 aromatic heterocycles. The lowest BCUT2D eigenvalue weighted by atomic mass is 9.67. The second-order valence-corrected chi connectivity index (χ2v) is 18.7. The van der Waals surface area contributed by atoms with Crippen LogP contribution < -0.4 is 4.90 Å². The van der Waals surface area contributed by atoms with E-state index in [0.29, 0.717) is 0 Å². The molecule has 0 unspecified atom stereocenters. The molecule has 10 aromatic carbocycles. The molecule has 0 aliphatic heterocycles. The standard InChI is InChI=1S/C60H38N2S2/c1-4-16-39(17-5-1)40-28-30-43(31-29-40)62(45-32-34-48-47-23-12-13-25-53(47)60(54(48)37-45,41-18-6-2-7-19-41)42-20-8-3-9-21-42)44-33-35-56-50(36-44)51-38-52(46-22-10-11-24-49(46)58(51)63-56)59-61-55-26-14-15-27-57(55)64-59/h1-38H. The van der Waals surface area contributed by atoms with E-state index >= 15 is 0 Å². The van der Waals surface area contributed by atoms with Crippen molar-refractivity contribution in [2.45, 2.75) is 5.41 Å². The number of thiazole rings is 1. The van der Waals surface area contributed by atoms with E-state index in [2.05, 4.69) is 235 Å². The van der Waals surface area contributed by atoms with Crippen LogP contribution in [0.15, 0.2) is 231 Å². The lowest BCUT2D eigenvalue weighted by Crippen LogP contribution is -2.28. The Hall–Kier alpha value is -7.63. The summed E-state index contributed by atoms with van der Waals surface area (Å²) in [5.74, 6) is 0. The van der Waals surface area contributed by atoms with Crippen LogP contribution in [0.2, 0.25) is 0 Å². The van der Waals surface area contributed by atoms with E-state index < -0.39 is 5.41 Å². The normalized spacial score (nSPS) is 12.8. The molecule has 4 heteroatoms. The van der Waals surface area contributed by atoms with Gasteiger partial charge in [-0.25, -0.2) is 4.98 Å².